The van der Waals surface area contributed by atoms with Crippen LogP contribution in [-0.2, 0) is 0 Å². The molecule has 0 saturated carbocycles. The van der Waals surface area contributed by atoms with Gasteiger partial charge in [0.1, 0.15) is 22.9 Å². The fourth-order valence-electron chi connectivity index (χ4n) is 1.87. The van der Waals surface area contributed by atoms with E-state index in [4.69, 9.17) is 16.3 Å². The average Bonchev–Trinajstić information content (AvgIpc) is 2.43. The number of rotatable bonds is 4. The average molecular weight is 278 g/mol. The smallest absolute Gasteiger partial charge is 0.148 e. The van der Waals surface area contributed by atoms with E-state index in [1.807, 2.05) is 38.1 Å². The second-order valence-corrected chi connectivity index (χ2v) is 4.61. The number of benzene rings is 1. The van der Waals surface area contributed by atoms with E-state index in [1.54, 1.807) is 7.11 Å². The molecule has 0 aliphatic rings. The lowest BCUT2D eigenvalue weighted by atomic mass is 10.1. The van der Waals surface area contributed by atoms with Gasteiger partial charge in [-0.1, -0.05) is 29.8 Å². The second kappa shape index (κ2) is 5.89. The van der Waals surface area contributed by atoms with Crippen LogP contribution in [0.15, 0.2) is 30.6 Å². The Bertz CT molecular complexity index is 574. The molecule has 2 rings (SSSR count). The van der Waals surface area contributed by atoms with Gasteiger partial charge in [0.2, 0.25) is 0 Å². The van der Waals surface area contributed by atoms with E-state index >= 15 is 0 Å². The zero-order chi connectivity index (χ0) is 13.8. The predicted molar refractivity (Wildman–Crippen MR) is 76.8 cm³/mol. The number of para-hydroxylation sites is 1. The fourth-order valence-corrected chi connectivity index (χ4v) is 2.02. The van der Waals surface area contributed by atoms with Crippen LogP contribution in [0.2, 0.25) is 5.02 Å². The molecule has 1 N–H and O–H groups in total. The summed E-state index contributed by atoms with van der Waals surface area (Å²) in [6, 6.07) is 7.89. The van der Waals surface area contributed by atoms with Gasteiger partial charge in [0, 0.05) is 5.56 Å². The third-order valence-corrected chi connectivity index (χ3v) is 3.37. The molecule has 100 valence electrons. The van der Waals surface area contributed by atoms with E-state index < -0.39 is 0 Å². The van der Waals surface area contributed by atoms with Gasteiger partial charge >= 0.3 is 0 Å². The maximum Gasteiger partial charge on any atom is 0.148 e. The summed E-state index contributed by atoms with van der Waals surface area (Å²) in [5.41, 5.74) is 1.81. The monoisotopic (exact) mass is 277 g/mol. The van der Waals surface area contributed by atoms with Crippen molar-refractivity contribution in [3.8, 4) is 5.75 Å². The summed E-state index contributed by atoms with van der Waals surface area (Å²) in [5.74, 6) is 1.47. The van der Waals surface area contributed by atoms with Gasteiger partial charge in [0.05, 0.1) is 18.8 Å². The van der Waals surface area contributed by atoms with E-state index in [0.29, 0.717) is 10.8 Å². The van der Waals surface area contributed by atoms with Gasteiger partial charge in [0.15, 0.2) is 0 Å². The number of ether oxygens (including phenoxy) is 1. The first kappa shape index (κ1) is 13.6. The highest BCUT2D eigenvalue weighted by atomic mass is 35.5. The standard InChI is InChI=1S/C14H16ClN3O/c1-9(11-6-4-5-7-12(11)19-3)18-14-13(15)10(2)16-8-17-14/h4-9H,1-3H3,(H,16,17,18). The Hall–Kier alpha value is -1.81. The van der Waals surface area contributed by atoms with Crippen molar-refractivity contribution >= 4 is 17.4 Å². The third-order valence-electron chi connectivity index (χ3n) is 2.92. The molecule has 1 atom stereocenters. The molecular weight excluding hydrogens is 262 g/mol. The molecule has 1 heterocycles. The molecule has 1 aromatic heterocycles. The van der Waals surface area contributed by atoms with Crippen LogP contribution in [0.3, 0.4) is 0 Å². The molecule has 19 heavy (non-hydrogen) atoms. The van der Waals surface area contributed by atoms with E-state index in [2.05, 4.69) is 15.3 Å². The summed E-state index contributed by atoms with van der Waals surface area (Å²) < 4.78 is 5.35. The van der Waals surface area contributed by atoms with Crippen molar-refractivity contribution in [1.82, 2.24) is 9.97 Å². The summed E-state index contributed by atoms with van der Waals surface area (Å²) in [6.45, 7) is 3.88. The van der Waals surface area contributed by atoms with E-state index in [9.17, 15) is 0 Å². The van der Waals surface area contributed by atoms with Crippen LogP contribution in [0.5, 0.6) is 5.75 Å². The van der Waals surface area contributed by atoms with Crippen LogP contribution in [0.4, 0.5) is 5.82 Å². The molecule has 4 nitrogen and oxygen atoms in total. The maximum absolute atomic E-state index is 6.18. The zero-order valence-electron chi connectivity index (χ0n) is 11.1. The molecule has 0 spiro atoms. The lowest BCUT2D eigenvalue weighted by molar-refractivity contribution is 0.408. The quantitative estimate of drug-likeness (QED) is 0.927. The second-order valence-electron chi connectivity index (χ2n) is 4.23. The number of nitrogens with zero attached hydrogens (tertiary/aromatic N) is 2. The van der Waals surface area contributed by atoms with Gasteiger partial charge in [-0.3, -0.25) is 0 Å². The van der Waals surface area contributed by atoms with Crippen LogP contribution in [0, 0.1) is 6.92 Å². The van der Waals surface area contributed by atoms with Crippen LogP contribution in [0.1, 0.15) is 24.2 Å². The number of hydrogen-bond acceptors (Lipinski definition) is 4. The normalized spacial score (nSPS) is 12.0. The largest absolute Gasteiger partial charge is 0.496 e. The van der Waals surface area contributed by atoms with Crippen molar-refractivity contribution < 1.29 is 4.74 Å². The SMILES string of the molecule is COc1ccccc1C(C)Nc1ncnc(C)c1Cl. The number of methoxy groups -OCH3 is 1. The Morgan fingerprint density at radius 3 is 2.74 bits per heavy atom. The Balaban J connectivity index is 2.26. The van der Waals surface area contributed by atoms with Gasteiger partial charge in [-0.05, 0) is 19.9 Å². The van der Waals surface area contributed by atoms with Crippen LogP contribution in [-0.4, -0.2) is 17.1 Å². The highest BCUT2D eigenvalue weighted by molar-refractivity contribution is 6.33. The Morgan fingerprint density at radius 2 is 2.00 bits per heavy atom. The summed E-state index contributed by atoms with van der Waals surface area (Å²) in [6.07, 6.45) is 1.50. The molecule has 0 bridgehead atoms. The molecule has 0 amide bonds. The van der Waals surface area contributed by atoms with Gasteiger partial charge in [-0.15, -0.1) is 0 Å². The van der Waals surface area contributed by atoms with Crippen molar-refractivity contribution in [3.05, 3.63) is 46.9 Å². The zero-order valence-corrected chi connectivity index (χ0v) is 11.9. The number of halogens is 1. The number of aromatic nitrogens is 2. The minimum atomic E-state index is 0.0305. The van der Waals surface area contributed by atoms with Crippen LogP contribution < -0.4 is 10.1 Å². The van der Waals surface area contributed by atoms with Gasteiger partial charge in [-0.2, -0.15) is 0 Å². The minimum absolute atomic E-state index is 0.0305. The van der Waals surface area contributed by atoms with Crippen molar-refractivity contribution in [3.63, 3.8) is 0 Å². The summed E-state index contributed by atoms with van der Waals surface area (Å²) in [4.78, 5) is 8.21. The highest BCUT2D eigenvalue weighted by Crippen LogP contribution is 2.29. The Labute approximate surface area is 117 Å². The number of anilines is 1. The molecule has 1 aromatic carbocycles. The Kier molecular flexibility index (Phi) is 4.22. The van der Waals surface area contributed by atoms with Crippen LogP contribution in [0.25, 0.3) is 0 Å². The van der Waals surface area contributed by atoms with E-state index in [1.165, 1.54) is 6.33 Å². The number of nitrogens with one attached hydrogen (secondary N) is 1. The molecule has 0 aliphatic carbocycles. The van der Waals surface area contributed by atoms with Crippen molar-refractivity contribution in [2.75, 3.05) is 12.4 Å². The third kappa shape index (κ3) is 2.96. The van der Waals surface area contributed by atoms with E-state index in [0.717, 1.165) is 17.0 Å². The van der Waals surface area contributed by atoms with Gasteiger partial charge < -0.3 is 10.1 Å². The highest BCUT2D eigenvalue weighted by Gasteiger charge is 2.13. The predicted octanol–water partition coefficient (Wildman–Crippen LogP) is 3.62. The fraction of sp³-hybridized carbons (Fsp3) is 0.286. The lowest BCUT2D eigenvalue weighted by Crippen LogP contribution is -2.10. The molecular formula is C14H16ClN3O. The first-order valence-corrected chi connectivity index (χ1v) is 6.37. The summed E-state index contributed by atoms with van der Waals surface area (Å²) in [7, 11) is 1.66. The van der Waals surface area contributed by atoms with Crippen molar-refractivity contribution in [1.29, 1.82) is 0 Å². The van der Waals surface area contributed by atoms with E-state index in [-0.39, 0.29) is 6.04 Å². The van der Waals surface area contributed by atoms with Gasteiger partial charge in [0.25, 0.3) is 0 Å². The minimum Gasteiger partial charge on any atom is -0.496 e. The summed E-state index contributed by atoms with van der Waals surface area (Å²) in [5, 5.41) is 3.82. The molecule has 0 radical (unpaired) electrons. The first-order valence-electron chi connectivity index (χ1n) is 6.00. The Morgan fingerprint density at radius 1 is 1.26 bits per heavy atom. The first-order chi connectivity index (χ1) is 9.13. The van der Waals surface area contributed by atoms with Gasteiger partial charge in [-0.25, -0.2) is 9.97 Å². The molecule has 1 unspecified atom stereocenters. The molecule has 0 aliphatic heterocycles. The maximum atomic E-state index is 6.18. The molecule has 2 aromatic rings. The van der Waals surface area contributed by atoms with Crippen molar-refractivity contribution in [2.45, 2.75) is 19.9 Å². The molecule has 5 heteroatoms. The number of hydrogen-bond donors (Lipinski definition) is 1. The van der Waals surface area contributed by atoms with Crippen LogP contribution >= 0.6 is 11.6 Å². The lowest BCUT2D eigenvalue weighted by Gasteiger charge is -2.18. The molecule has 0 saturated heterocycles. The topological polar surface area (TPSA) is 47.0 Å². The van der Waals surface area contributed by atoms with Crippen molar-refractivity contribution in [2.24, 2.45) is 0 Å². The summed E-state index contributed by atoms with van der Waals surface area (Å²) >= 11 is 6.18. The number of aryl methyl sites for hydroxylation is 1. The molecule has 0 fully saturated rings.